The summed E-state index contributed by atoms with van der Waals surface area (Å²) in [6, 6.07) is 20.7. The van der Waals surface area contributed by atoms with E-state index >= 15 is 0 Å². The van der Waals surface area contributed by atoms with E-state index in [1.54, 1.807) is 24.3 Å². The number of amides is 1. The third-order valence-electron chi connectivity index (χ3n) is 6.05. The molecule has 5 rings (SSSR count). The molecule has 0 unspecified atom stereocenters. The molecular formula is C29H25N3O4S. The van der Waals surface area contributed by atoms with Crippen molar-refractivity contribution in [3.63, 3.8) is 0 Å². The van der Waals surface area contributed by atoms with Crippen LogP contribution < -0.4 is 10.9 Å². The van der Waals surface area contributed by atoms with Crippen LogP contribution in [0.25, 0.3) is 32.1 Å². The van der Waals surface area contributed by atoms with Crippen molar-refractivity contribution in [1.29, 1.82) is 0 Å². The standard InChI is InChI=1S/C29H25N3O4S/c1-2-3-13-36-29(35)22-9-6-10-23(15-22)31-25(33)16-32-18-30-27-26(28(32)34)24(17-37-27)21-12-11-19-7-4-5-8-20(19)14-21/h4-12,14-15,17-18H,2-3,13,16H2,1H3,(H,31,33). The van der Waals surface area contributed by atoms with Crippen LogP contribution in [0.15, 0.2) is 83.2 Å². The van der Waals surface area contributed by atoms with Gasteiger partial charge in [-0.15, -0.1) is 11.3 Å². The number of anilines is 1. The van der Waals surface area contributed by atoms with Gasteiger partial charge in [0.2, 0.25) is 5.91 Å². The number of carbonyl (C=O) groups is 2. The van der Waals surface area contributed by atoms with Gasteiger partial charge in [-0.3, -0.25) is 14.2 Å². The monoisotopic (exact) mass is 511 g/mol. The van der Waals surface area contributed by atoms with Crippen LogP contribution in [0.4, 0.5) is 5.69 Å². The third-order valence-corrected chi connectivity index (χ3v) is 6.93. The first kappa shape index (κ1) is 24.4. The first-order valence-electron chi connectivity index (χ1n) is 12.1. The Morgan fingerprint density at radius 1 is 1.03 bits per heavy atom. The second-order valence-corrected chi connectivity index (χ2v) is 9.55. The number of fused-ring (bicyclic) bond motifs is 2. The molecule has 0 saturated heterocycles. The summed E-state index contributed by atoms with van der Waals surface area (Å²) in [6.07, 6.45) is 3.12. The molecule has 0 bridgehead atoms. The number of carbonyl (C=O) groups excluding carboxylic acids is 2. The van der Waals surface area contributed by atoms with E-state index in [-0.39, 0.29) is 12.1 Å². The lowest BCUT2D eigenvalue weighted by molar-refractivity contribution is -0.116. The molecule has 2 heterocycles. The molecule has 186 valence electrons. The lowest BCUT2D eigenvalue weighted by Gasteiger charge is -2.09. The lowest BCUT2D eigenvalue weighted by Crippen LogP contribution is -2.27. The van der Waals surface area contributed by atoms with Gasteiger partial charge in [0.25, 0.3) is 5.56 Å². The Bertz CT molecular complexity index is 1670. The van der Waals surface area contributed by atoms with Crippen LogP contribution >= 0.6 is 11.3 Å². The Balaban J connectivity index is 1.36. The number of nitrogens with zero attached hydrogens (tertiary/aromatic N) is 2. The molecule has 1 N–H and O–H groups in total. The molecule has 0 aliphatic carbocycles. The number of hydrogen-bond acceptors (Lipinski definition) is 6. The minimum Gasteiger partial charge on any atom is -0.462 e. The van der Waals surface area contributed by atoms with Crippen LogP contribution in [-0.2, 0) is 16.1 Å². The van der Waals surface area contributed by atoms with E-state index in [1.165, 1.54) is 22.2 Å². The maximum Gasteiger partial charge on any atom is 0.338 e. The average molecular weight is 512 g/mol. The summed E-state index contributed by atoms with van der Waals surface area (Å²) in [5, 5.41) is 7.38. The molecular weight excluding hydrogens is 486 g/mol. The maximum atomic E-state index is 13.4. The molecule has 3 aromatic carbocycles. The summed E-state index contributed by atoms with van der Waals surface area (Å²) in [7, 11) is 0. The maximum absolute atomic E-state index is 13.4. The van der Waals surface area contributed by atoms with Crippen LogP contribution in [0.1, 0.15) is 30.1 Å². The van der Waals surface area contributed by atoms with Crippen molar-refractivity contribution in [2.75, 3.05) is 11.9 Å². The SMILES string of the molecule is CCCCOC(=O)c1cccc(NC(=O)Cn2cnc3scc(-c4ccc5ccccc5c4)c3c2=O)c1. The van der Waals surface area contributed by atoms with Gasteiger partial charge in [0.05, 0.1) is 23.9 Å². The molecule has 0 saturated carbocycles. The fourth-order valence-corrected chi connectivity index (χ4v) is 5.03. The van der Waals surface area contributed by atoms with Crippen molar-refractivity contribution in [2.24, 2.45) is 0 Å². The van der Waals surface area contributed by atoms with Gasteiger partial charge >= 0.3 is 5.97 Å². The number of nitrogens with one attached hydrogen (secondary N) is 1. The number of hydrogen-bond donors (Lipinski definition) is 1. The van der Waals surface area contributed by atoms with Gasteiger partial charge in [-0.25, -0.2) is 9.78 Å². The van der Waals surface area contributed by atoms with Crippen molar-refractivity contribution in [3.8, 4) is 11.1 Å². The highest BCUT2D eigenvalue weighted by molar-refractivity contribution is 7.17. The minimum absolute atomic E-state index is 0.208. The molecule has 7 nitrogen and oxygen atoms in total. The summed E-state index contributed by atoms with van der Waals surface area (Å²) < 4.78 is 6.54. The summed E-state index contributed by atoms with van der Waals surface area (Å²) in [6.45, 7) is 2.17. The molecule has 8 heteroatoms. The van der Waals surface area contributed by atoms with E-state index < -0.39 is 11.9 Å². The van der Waals surface area contributed by atoms with Gasteiger partial charge in [0, 0.05) is 16.6 Å². The van der Waals surface area contributed by atoms with Crippen molar-refractivity contribution in [2.45, 2.75) is 26.3 Å². The summed E-state index contributed by atoms with van der Waals surface area (Å²) >= 11 is 1.40. The predicted octanol–water partition coefficient (Wildman–Crippen LogP) is 5.87. The van der Waals surface area contributed by atoms with Gasteiger partial charge in [-0.2, -0.15) is 0 Å². The topological polar surface area (TPSA) is 90.3 Å². The lowest BCUT2D eigenvalue weighted by atomic mass is 10.0. The average Bonchev–Trinajstić information content (AvgIpc) is 3.35. The van der Waals surface area contributed by atoms with Crippen LogP contribution in [0, 0.1) is 0 Å². The van der Waals surface area contributed by atoms with E-state index in [1.807, 2.05) is 48.7 Å². The quantitative estimate of drug-likeness (QED) is 0.208. The number of rotatable bonds is 8. The summed E-state index contributed by atoms with van der Waals surface area (Å²) in [5.74, 6) is -0.837. The Kier molecular flexibility index (Phi) is 7.09. The first-order chi connectivity index (χ1) is 18.0. The predicted molar refractivity (Wildman–Crippen MR) is 147 cm³/mol. The number of benzene rings is 3. The van der Waals surface area contributed by atoms with Gasteiger partial charge in [0.15, 0.2) is 0 Å². The molecule has 0 aliphatic heterocycles. The first-order valence-corrected chi connectivity index (χ1v) is 12.9. The third kappa shape index (κ3) is 5.29. The normalized spacial score (nSPS) is 11.1. The molecule has 2 aromatic heterocycles. The number of unbranched alkanes of at least 4 members (excludes halogenated alkanes) is 1. The highest BCUT2D eigenvalue weighted by Gasteiger charge is 2.16. The highest BCUT2D eigenvalue weighted by atomic mass is 32.1. The zero-order valence-corrected chi connectivity index (χ0v) is 21.1. The molecule has 0 aliphatic rings. The zero-order chi connectivity index (χ0) is 25.8. The fraction of sp³-hybridized carbons (Fsp3) is 0.172. The van der Waals surface area contributed by atoms with Crippen molar-refractivity contribution < 1.29 is 14.3 Å². The number of aromatic nitrogens is 2. The molecule has 0 radical (unpaired) electrons. The summed E-state index contributed by atoms with van der Waals surface area (Å²) in [5.41, 5.74) is 2.25. The number of thiophene rings is 1. The van der Waals surface area contributed by atoms with E-state index in [9.17, 15) is 14.4 Å². The van der Waals surface area contributed by atoms with Crippen LogP contribution in [0.5, 0.6) is 0 Å². The van der Waals surface area contributed by atoms with Gasteiger partial charge < -0.3 is 10.1 Å². The second-order valence-electron chi connectivity index (χ2n) is 8.69. The summed E-state index contributed by atoms with van der Waals surface area (Å²) in [4.78, 5) is 43.5. The van der Waals surface area contributed by atoms with Crippen molar-refractivity contribution >= 4 is 49.9 Å². The Labute approximate surface area is 217 Å². The van der Waals surface area contributed by atoms with Gasteiger partial charge in [0.1, 0.15) is 11.4 Å². The fourth-order valence-electron chi connectivity index (χ4n) is 4.12. The minimum atomic E-state index is -0.436. The Morgan fingerprint density at radius 3 is 2.70 bits per heavy atom. The van der Waals surface area contributed by atoms with Crippen LogP contribution in [-0.4, -0.2) is 28.0 Å². The highest BCUT2D eigenvalue weighted by Crippen LogP contribution is 2.32. The molecule has 1 amide bonds. The molecule has 0 spiro atoms. The second kappa shape index (κ2) is 10.8. The Morgan fingerprint density at radius 2 is 1.86 bits per heavy atom. The van der Waals surface area contributed by atoms with Crippen LogP contribution in [0.3, 0.4) is 0 Å². The largest absolute Gasteiger partial charge is 0.462 e. The van der Waals surface area contributed by atoms with Crippen molar-refractivity contribution in [1.82, 2.24) is 9.55 Å². The molecule has 0 fully saturated rings. The van der Waals surface area contributed by atoms with Gasteiger partial charge in [-0.05, 0) is 47.0 Å². The smallest absolute Gasteiger partial charge is 0.338 e. The van der Waals surface area contributed by atoms with E-state index in [0.29, 0.717) is 28.1 Å². The van der Waals surface area contributed by atoms with E-state index in [0.717, 1.165) is 34.7 Å². The molecule has 5 aromatic rings. The van der Waals surface area contributed by atoms with Crippen molar-refractivity contribution in [3.05, 3.63) is 94.4 Å². The Hall–Kier alpha value is -4.30. The number of ether oxygens (including phenoxy) is 1. The van der Waals surface area contributed by atoms with E-state index in [2.05, 4.69) is 16.4 Å². The zero-order valence-electron chi connectivity index (χ0n) is 20.3. The molecule has 0 atom stereocenters. The number of esters is 1. The van der Waals surface area contributed by atoms with E-state index in [4.69, 9.17) is 4.74 Å². The molecule has 37 heavy (non-hydrogen) atoms. The van der Waals surface area contributed by atoms with Gasteiger partial charge in [-0.1, -0.05) is 55.8 Å². The van der Waals surface area contributed by atoms with Crippen LogP contribution in [0.2, 0.25) is 0 Å².